The highest BCUT2D eigenvalue weighted by Gasteiger charge is 2.16. The lowest BCUT2D eigenvalue weighted by atomic mass is 10.1. The molecule has 0 unspecified atom stereocenters. The molecule has 0 aromatic heterocycles. The maximum absolute atomic E-state index is 11.2. The van der Waals surface area contributed by atoms with E-state index in [1.165, 1.54) is 10.8 Å². The van der Waals surface area contributed by atoms with Gasteiger partial charge in [0.15, 0.2) is 0 Å². The number of ether oxygens (including phenoxy) is 2. The van der Waals surface area contributed by atoms with Crippen molar-refractivity contribution in [2.75, 3.05) is 11.0 Å². The van der Waals surface area contributed by atoms with E-state index in [1.54, 1.807) is 0 Å². The minimum atomic E-state index is -0.381. The van der Waals surface area contributed by atoms with E-state index in [9.17, 15) is 9.59 Å². The van der Waals surface area contributed by atoms with Gasteiger partial charge in [0.05, 0.1) is 0 Å². The van der Waals surface area contributed by atoms with E-state index in [4.69, 9.17) is 14.6 Å². The quantitative estimate of drug-likeness (QED) is 0.199. The molecule has 0 fully saturated rings. The van der Waals surface area contributed by atoms with Crippen LogP contribution in [0.2, 0.25) is 0 Å². The molecule has 0 heterocycles. The Hall–Kier alpha value is -0.370. The van der Waals surface area contributed by atoms with E-state index in [-0.39, 0.29) is 29.7 Å². The number of unbranched alkanes of at least 4 members (excludes halogenated alkanes) is 4. The number of esters is 2. The van der Waals surface area contributed by atoms with Gasteiger partial charge in [0.1, 0.15) is 11.2 Å². The third-order valence-corrected chi connectivity index (χ3v) is 3.66. The second-order valence-corrected chi connectivity index (χ2v) is 9.29. The molecule has 0 aromatic rings. The van der Waals surface area contributed by atoms with E-state index < -0.39 is 0 Å². The van der Waals surface area contributed by atoms with Crippen molar-refractivity contribution in [3.05, 3.63) is 0 Å². The molecule has 1 N–H and O–H groups in total. The SMILES string of the molecule is CC(C)(C)OC(=O)CCCCCI.CC(C)(C)OC(=O)CCCCCO. The van der Waals surface area contributed by atoms with Crippen molar-refractivity contribution in [3.63, 3.8) is 0 Å². The monoisotopic (exact) mass is 486 g/mol. The predicted octanol–water partition coefficient (Wildman–Crippen LogP) is 5.20. The fourth-order valence-corrected chi connectivity index (χ4v) is 2.42. The van der Waals surface area contributed by atoms with Crippen LogP contribution >= 0.6 is 22.6 Å². The van der Waals surface area contributed by atoms with Gasteiger partial charge in [0, 0.05) is 19.4 Å². The maximum Gasteiger partial charge on any atom is 0.306 e. The zero-order valence-corrected chi connectivity index (χ0v) is 19.7. The molecule has 0 radical (unpaired) electrons. The average Bonchev–Trinajstić information content (AvgIpc) is 2.45. The van der Waals surface area contributed by atoms with Gasteiger partial charge in [-0.15, -0.1) is 0 Å². The first kappa shape index (κ1) is 27.8. The summed E-state index contributed by atoms with van der Waals surface area (Å²) in [4.78, 5) is 22.3. The molecule has 0 aliphatic rings. The number of hydrogen-bond donors (Lipinski definition) is 1. The van der Waals surface area contributed by atoms with E-state index in [1.807, 2.05) is 41.5 Å². The smallest absolute Gasteiger partial charge is 0.306 e. The molecule has 0 aromatic carbocycles. The molecule has 0 saturated heterocycles. The Morgan fingerprint density at radius 1 is 0.731 bits per heavy atom. The second-order valence-electron chi connectivity index (χ2n) is 8.21. The summed E-state index contributed by atoms with van der Waals surface area (Å²) in [6, 6.07) is 0. The van der Waals surface area contributed by atoms with Crippen molar-refractivity contribution in [1.82, 2.24) is 0 Å². The molecule has 0 amide bonds. The van der Waals surface area contributed by atoms with E-state index in [0.29, 0.717) is 12.8 Å². The van der Waals surface area contributed by atoms with Gasteiger partial charge in [-0.1, -0.05) is 35.4 Å². The van der Waals surface area contributed by atoms with Crippen molar-refractivity contribution in [3.8, 4) is 0 Å². The third kappa shape index (κ3) is 25.9. The Labute approximate surface area is 173 Å². The van der Waals surface area contributed by atoms with Crippen molar-refractivity contribution in [2.45, 2.75) is 104 Å². The van der Waals surface area contributed by atoms with Crippen LogP contribution in [0.4, 0.5) is 0 Å². The van der Waals surface area contributed by atoms with Gasteiger partial charge in [-0.2, -0.15) is 0 Å². The lowest BCUT2D eigenvalue weighted by Gasteiger charge is -2.19. The highest BCUT2D eigenvalue weighted by atomic mass is 127. The van der Waals surface area contributed by atoms with Crippen LogP contribution in [-0.2, 0) is 19.1 Å². The van der Waals surface area contributed by atoms with Crippen LogP contribution < -0.4 is 0 Å². The summed E-state index contributed by atoms with van der Waals surface area (Å²) in [5.74, 6) is -0.216. The average molecular weight is 486 g/mol. The zero-order valence-electron chi connectivity index (χ0n) is 17.5. The lowest BCUT2D eigenvalue weighted by molar-refractivity contribution is -0.156. The highest BCUT2D eigenvalue weighted by Crippen LogP contribution is 2.11. The Bertz CT molecular complexity index is 333. The standard InChI is InChI=1S/C10H19IO2.C10H20O3/c2*1-10(2,3)13-9(12)7-5-4-6-8-11/h4-8H2,1-3H3;11H,4-8H2,1-3H3. The van der Waals surface area contributed by atoms with Crippen molar-refractivity contribution >= 4 is 34.5 Å². The van der Waals surface area contributed by atoms with E-state index >= 15 is 0 Å². The summed E-state index contributed by atoms with van der Waals surface area (Å²) in [6.07, 6.45) is 6.75. The maximum atomic E-state index is 11.2. The Balaban J connectivity index is 0. The van der Waals surface area contributed by atoms with Crippen LogP contribution in [0.25, 0.3) is 0 Å². The minimum Gasteiger partial charge on any atom is -0.460 e. The van der Waals surface area contributed by atoms with Gasteiger partial charge >= 0.3 is 11.9 Å². The van der Waals surface area contributed by atoms with Crippen molar-refractivity contribution in [1.29, 1.82) is 0 Å². The number of carbonyl (C=O) groups excluding carboxylic acids is 2. The summed E-state index contributed by atoms with van der Waals surface area (Å²) in [5.41, 5.74) is -0.714. The molecule has 0 aliphatic carbocycles. The number of halogens is 1. The first-order chi connectivity index (χ1) is 11.9. The van der Waals surface area contributed by atoms with E-state index in [0.717, 1.165) is 32.1 Å². The number of hydrogen-bond acceptors (Lipinski definition) is 5. The lowest BCUT2D eigenvalue weighted by Crippen LogP contribution is -2.23. The number of aliphatic hydroxyl groups excluding tert-OH is 1. The molecule has 0 aliphatic heterocycles. The zero-order chi connectivity index (χ0) is 20.6. The normalized spacial score (nSPS) is 11.4. The van der Waals surface area contributed by atoms with E-state index in [2.05, 4.69) is 22.6 Å². The van der Waals surface area contributed by atoms with Crippen LogP contribution in [0.3, 0.4) is 0 Å². The number of alkyl halides is 1. The Morgan fingerprint density at radius 3 is 1.42 bits per heavy atom. The Morgan fingerprint density at radius 2 is 1.12 bits per heavy atom. The van der Waals surface area contributed by atoms with Gasteiger partial charge < -0.3 is 14.6 Å². The molecule has 0 spiro atoms. The first-order valence-electron chi connectivity index (χ1n) is 9.52. The molecular weight excluding hydrogens is 447 g/mol. The molecule has 26 heavy (non-hydrogen) atoms. The Kier molecular flexibility index (Phi) is 16.8. The third-order valence-electron chi connectivity index (χ3n) is 2.89. The van der Waals surface area contributed by atoms with Crippen LogP contribution in [0.1, 0.15) is 92.9 Å². The van der Waals surface area contributed by atoms with Crippen LogP contribution in [0.15, 0.2) is 0 Å². The second kappa shape index (κ2) is 15.7. The number of carbonyl (C=O) groups is 2. The largest absolute Gasteiger partial charge is 0.460 e. The van der Waals surface area contributed by atoms with Gasteiger partial charge in [0.2, 0.25) is 0 Å². The van der Waals surface area contributed by atoms with Gasteiger partial charge in [-0.05, 0) is 71.7 Å². The summed E-state index contributed by atoms with van der Waals surface area (Å²) in [5, 5.41) is 8.50. The summed E-state index contributed by atoms with van der Waals surface area (Å²) in [6.45, 7) is 11.5. The highest BCUT2D eigenvalue weighted by molar-refractivity contribution is 14.1. The molecule has 0 saturated carbocycles. The summed E-state index contributed by atoms with van der Waals surface area (Å²) >= 11 is 2.35. The van der Waals surface area contributed by atoms with Crippen LogP contribution in [0.5, 0.6) is 0 Å². The minimum absolute atomic E-state index is 0.0686. The van der Waals surface area contributed by atoms with Gasteiger partial charge in [-0.3, -0.25) is 9.59 Å². The molecule has 0 bridgehead atoms. The summed E-state index contributed by atoms with van der Waals surface area (Å²) in [7, 11) is 0. The van der Waals surface area contributed by atoms with Gasteiger partial charge in [0.25, 0.3) is 0 Å². The topological polar surface area (TPSA) is 72.8 Å². The first-order valence-corrected chi connectivity index (χ1v) is 11.0. The molecule has 0 atom stereocenters. The molecule has 156 valence electrons. The van der Waals surface area contributed by atoms with Crippen molar-refractivity contribution in [2.24, 2.45) is 0 Å². The molecular formula is C20H39IO5. The molecule has 0 rings (SSSR count). The molecule has 5 nitrogen and oxygen atoms in total. The van der Waals surface area contributed by atoms with Crippen molar-refractivity contribution < 1.29 is 24.2 Å². The molecule has 6 heteroatoms. The summed E-state index contributed by atoms with van der Waals surface area (Å²) < 4.78 is 11.5. The number of rotatable bonds is 10. The number of aliphatic hydroxyl groups is 1. The van der Waals surface area contributed by atoms with Crippen LogP contribution in [-0.4, -0.2) is 39.3 Å². The van der Waals surface area contributed by atoms with Crippen LogP contribution in [0, 0.1) is 0 Å². The fraction of sp³-hybridized carbons (Fsp3) is 0.900. The predicted molar refractivity (Wildman–Crippen MR) is 115 cm³/mol. The fourth-order valence-electron chi connectivity index (χ4n) is 1.88. The van der Waals surface area contributed by atoms with Gasteiger partial charge in [-0.25, -0.2) is 0 Å².